The Morgan fingerprint density at radius 2 is 2.19 bits per heavy atom. The van der Waals surface area contributed by atoms with Crippen LogP contribution < -0.4 is 5.76 Å². The maximum atomic E-state index is 12.5. The zero-order valence-electron chi connectivity index (χ0n) is 15.4. The fraction of sp³-hybridized carbons (Fsp3) is 0.579. The van der Waals surface area contributed by atoms with Gasteiger partial charge in [-0.25, -0.2) is 9.36 Å². The minimum atomic E-state index is -0.694. The highest BCUT2D eigenvalue weighted by Crippen LogP contribution is 2.35. The first kappa shape index (κ1) is 18.4. The molecule has 0 spiro atoms. The SMILES string of the molecule is CC(C)[C@@H]1CC[C@@H](C)C[C@@H]1OC(=O)Cn1c(-c2ccccn2)noc1=O. The summed E-state index contributed by atoms with van der Waals surface area (Å²) in [6.07, 6.45) is 4.56. The molecule has 7 nitrogen and oxygen atoms in total. The molecule has 0 N–H and O–H groups in total. The van der Waals surface area contributed by atoms with E-state index in [2.05, 4.69) is 30.9 Å². The smallest absolute Gasteiger partial charge is 0.442 e. The molecular formula is C19H25N3O4. The standard InChI is InChI=1S/C19H25N3O4/c1-12(2)14-8-7-13(3)10-16(14)25-17(23)11-22-18(21-26-19(22)24)15-6-4-5-9-20-15/h4-6,9,12-14,16H,7-8,10-11H2,1-3H3/t13-,14+,16+/m1/s1. The molecule has 2 aromatic heterocycles. The van der Waals surface area contributed by atoms with Crippen molar-refractivity contribution in [3.63, 3.8) is 0 Å². The summed E-state index contributed by atoms with van der Waals surface area (Å²) in [6, 6.07) is 5.24. The molecule has 3 rings (SSSR count). The van der Waals surface area contributed by atoms with Gasteiger partial charge < -0.3 is 4.74 Å². The van der Waals surface area contributed by atoms with Gasteiger partial charge in [0.05, 0.1) is 0 Å². The molecule has 140 valence electrons. The number of hydrogen-bond acceptors (Lipinski definition) is 6. The van der Waals surface area contributed by atoms with Gasteiger partial charge in [-0.05, 0) is 42.7 Å². The van der Waals surface area contributed by atoms with E-state index in [9.17, 15) is 9.59 Å². The Bertz CT molecular complexity index is 797. The van der Waals surface area contributed by atoms with E-state index < -0.39 is 11.7 Å². The van der Waals surface area contributed by atoms with E-state index in [0.29, 0.717) is 23.4 Å². The predicted octanol–water partition coefficient (Wildman–Crippen LogP) is 2.90. The number of nitrogens with zero attached hydrogens (tertiary/aromatic N) is 3. The van der Waals surface area contributed by atoms with Crippen molar-refractivity contribution in [1.29, 1.82) is 0 Å². The van der Waals surface area contributed by atoms with Gasteiger partial charge in [-0.3, -0.25) is 14.3 Å². The van der Waals surface area contributed by atoms with Crippen LogP contribution >= 0.6 is 0 Å². The van der Waals surface area contributed by atoms with Crippen LogP contribution in [-0.2, 0) is 16.1 Å². The molecule has 0 amide bonds. The van der Waals surface area contributed by atoms with Crippen LogP contribution in [-0.4, -0.2) is 26.8 Å². The fourth-order valence-electron chi connectivity index (χ4n) is 3.67. The van der Waals surface area contributed by atoms with Gasteiger partial charge in [0, 0.05) is 6.20 Å². The summed E-state index contributed by atoms with van der Waals surface area (Å²) in [6.45, 7) is 6.27. The third-order valence-electron chi connectivity index (χ3n) is 5.11. The van der Waals surface area contributed by atoms with Gasteiger partial charge in [0.15, 0.2) is 0 Å². The topological polar surface area (TPSA) is 87.2 Å². The minimum Gasteiger partial charge on any atom is -0.461 e. The lowest BCUT2D eigenvalue weighted by atomic mass is 9.75. The van der Waals surface area contributed by atoms with Crippen LogP contribution in [0.25, 0.3) is 11.5 Å². The summed E-state index contributed by atoms with van der Waals surface area (Å²) < 4.78 is 11.7. The van der Waals surface area contributed by atoms with Crippen molar-refractivity contribution in [1.82, 2.24) is 14.7 Å². The number of pyridine rings is 1. The van der Waals surface area contributed by atoms with E-state index in [0.717, 1.165) is 19.3 Å². The summed E-state index contributed by atoms with van der Waals surface area (Å²) in [4.78, 5) is 28.6. The van der Waals surface area contributed by atoms with E-state index in [1.54, 1.807) is 24.4 Å². The van der Waals surface area contributed by atoms with Gasteiger partial charge in [-0.2, -0.15) is 0 Å². The number of aromatic nitrogens is 3. The second-order valence-corrected chi connectivity index (χ2v) is 7.43. The molecule has 0 unspecified atom stereocenters. The van der Waals surface area contributed by atoms with Crippen LogP contribution in [0.15, 0.2) is 33.7 Å². The van der Waals surface area contributed by atoms with Crippen molar-refractivity contribution >= 4 is 5.97 Å². The van der Waals surface area contributed by atoms with Crippen LogP contribution in [0.4, 0.5) is 0 Å². The van der Waals surface area contributed by atoms with Gasteiger partial charge in [0.1, 0.15) is 18.3 Å². The van der Waals surface area contributed by atoms with Crippen molar-refractivity contribution in [2.24, 2.45) is 17.8 Å². The summed E-state index contributed by atoms with van der Waals surface area (Å²) in [5.74, 6) is 0.416. The summed E-state index contributed by atoms with van der Waals surface area (Å²) in [5, 5.41) is 3.75. The van der Waals surface area contributed by atoms with Crippen LogP contribution in [0, 0.1) is 17.8 Å². The van der Waals surface area contributed by atoms with E-state index >= 15 is 0 Å². The van der Waals surface area contributed by atoms with Crippen molar-refractivity contribution in [2.75, 3.05) is 0 Å². The average Bonchev–Trinajstić information content (AvgIpc) is 2.96. The van der Waals surface area contributed by atoms with Crippen molar-refractivity contribution < 1.29 is 14.1 Å². The molecule has 0 aliphatic heterocycles. The summed E-state index contributed by atoms with van der Waals surface area (Å²) in [7, 11) is 0. The van der Waals surface area contributed by atoms with Gasteiger partial charge in [-0.15, -0.1) is 0 Å². The lowest BCUT2D eigenvalue weighted by Gasteiger charge is -2.36. The molecule has 1 aliphatic rings. The Kier molecular flexibility index (Phi) is 5.54. The molecule has 26 heavy (non-hydrogen) atoms. The molecule has 0 saturated heterocycles. The van der Waals surface area contributed by atoms with Crippen LogP contribution in [0.5, 0.6) is 0 Å². The Morgan fingerprint density at radius 3 is 2.88 bits per heavy atom. The lowest BCUT2D eigenvalue weighted by Crippen LogP contribution is -2.37. The van der Waals surface area contributed by atoms with Gasteiger partial charge in [0.2, 0.25) is 5.82 Å². The van der Waals surface area contributed by atoms with Gasteiger partial charge >= 0.3 is 11.7 Å². The first-order valence-electron chi connectivity index (χ1n) is 9.13. The molecular weight excluding hydrogens is 334 g/mol. The monoisotopic (exact) mass is 359 g/mol. The average molecular weight is 359 g/mol. The number of carbonyl (C=O) groups excluding carboxylic acids is 1. The molecule has 1 aliphatic carbocycles. The van der Waals surface area contributed by atoms with Crippen LogP contribution in [0.3, 0.4) is 0 Å². The first-order chi connectivity index (χ1) is 12.5. The molecule has 1 saturated carbocycles. The van der Waals surface area contributed by atoms with Crippen molar-refractivity contribution in [3.8, 4) is 11.5 Å². The van der Waals surface area contributed by atoms with Crippen molar-refractivity contribution in [3.05, 3.63) is 34.9 Å². The van der Waals surface area contributed by atoms with Crippen LogP contribution in [0.1, 0.15) is 40.0 Å². The molecule has 0 bridgehead atoms. The minimum absolute atomic E-state index is 0.111. The number of hydrogen-bond donors (Lipinski definition) is 0. The molecule has 3 atom stereocenters. The molecule has 2 aromatic rings. The summed E-state index contributed by atoms with van der Waals surface area (Å²) >= 11 is 0. The van der Waals surface area contributed by atoms with E-state index in [1.165, 1.54) is 4.57 Å². The molecule has 0 aromatic carbocycles. The van der Waals surface area contributed by atoms with Crippen LogP contribution in [0.2, 0.25) is 0 Å². The third kappa shape index (κ3) is 4.03. The third-order valence-corrected chi connectivity index (χ3v) is 5.11. The number of carbonyl (C=O) groups is 1. The molecule has 2 heterocycles. The number of rotatable bonds is 5. The quantitative estimate of drug-likeness (QED) is 0.763. The van der Waals surface area contributed by atoms with E-state index in [1.807, 2.05) is 0 Å². The highest BCUT2D eigenvalue weighted by molar-refractivity contribution is 5.70. The Morgan fingerprint density at radius 1 is 1.38 bits per heavy atom. The maximum absolute atomic E-state index is 12.5. The highest BCUT2D eigenvalue weighted by Gasteiger charge is 2.33. The van der Waals surface area contributed by atoms with Gasteiger partial charge in [-0.1, -0.05) is 38.4 Å². The maximum Gasteiger partial charge on any atom is 0.442 e. The second-order valence-electron chi connectivity index (χ2n) is 7.43. The summed E-state index contributed by atoms with van der Waals surface area (Å²) in [5.41, 5.74) is 0.470. The molecule has 7 heteroatoms. The van der Waals surface area contributed by atoms with E-state index in [-0.39, 0.29) is 18.5 Å². The number of ether oxygens (including phenoxy) is 1. The van der Waals surface area contributed by atoms with E-state index in [4.69, 9.17) is 9.26 Å². The Balaban J connectivity index is 1.74. The molecule has 0 radical (unpaired) electrons. The van der Waals surface area contributed by atoms with Crippen molar-refractivity contribution in [2.45, 2.75) is 52.7 Å². The second kappa shape index (κ2) is 7.85. The fourth-order valence-corrected chi connectivity index (χ4v) is 3.67. The largest absolute Gasteiger partial charge is 0.461 e. The zero-order valence-corrected chi connectivity index (χ0v) is 15.4. The zero-order chi connectivity index (χ0) is 18.7. The normalized spacial score (nSPS) is 23.2. The lowest BCUT2D eigenvalue weighted by molar-refractivity contribution is -0.156. The first-order valence-corrected chi connectivity index (χ1v) is 9.13. The highest BCUT2D eigenvalue weighted by atomic mass is 16.5. The number of esters is 1. The Hall–Kier alpha value is -2.44. The molecule has 1 fully saturated rings. The predicted molar refractivity (Wildman–Crippen MR) is 95.2 cm³/mol. The Labute approximate surface area is 152 Å². The van der Waals surface area contributed by atoms with Gasteiger partial charge in [0.25, 0.3) is 0 Å².